The van der Waals surface area contributed by atoms with Crippen LogP contribution in [-0.2, 0) is 11.0 Å². The minimum atomic E-state index is -4.48. The molecule has 2 rings (SSSR count). The fourth-order valence-corrected chi connectivity index (χ4v) is 1.62. The van der Waals surface area contributed by atoms with Gasteiger partial charge in [0.1, 0.15) is 5.75 Å². The second-order valence-corrected chi connectivity index (χ2v) is 4.02. The highest BCUT2D eigenvalue weighted by Crippen LogP contribution is 2.35. The highest BCUT2D eigenvalue weighted by atomic mass is 19.4. The monoisotopic (exact) mass is 259 g/mol. The van der Waals surface area contributed by atoms with E-state index in [-0.39, 0.29) is 18.3 Å². The first-order valence-electron chi connectivity index (χ1n) is 5.55. The van der Waals surface area contributed by atoms with Gasteiger partial charge in [0, 0.05) is 13.1 Å². The maximum absolute atomic E-state index is 12.6. The number of carbonyl (C=O) groups excluding carboxylic acids is 1. The molecule has 1 aliphatic heterocycles. The third-order valence-corrected chi connectivity index (χ3v) is 2.75. The van der Waals surface area contributed by atoms with Crippen LogP contribution in [0.3, 0.4) is 0 Å². The molecule has 0 radical (unpaired) electrons. The molecule has 1 amide bonds. The van der Waals surface area contributed by atoms with Crippen molar-refractivity contribution in [3.8, 4) is 5.75 Å². The molecule has 1 aromatic rings. The molecule has 0 aromatic heterocycles. The molecule has 0 aliphatic carbocycles. The van der Waals surface area contributed by atoms with Crippen molar-refractivity contribution < 1.29 is 22.7 Å². The predicted octanol–water partition coefficient (Wildman–Crippen LogP) is 2.32. The maximum atomic E-state index is 12.6. The van der Waals surface area contributed by atoms with Gasteiger partial charge in [0.25, 0.3) is 5.91 Å². The van der Waals surface area contributed by atoms with Gasteiger partial charge >= 0.3 is 6.18 Å². The van der Waals surface area contributed by atoms with Crippen LogP contribution < -0.4 is 4.74 Å². The topological polar surface area (TPSA) is 29.5 Å². The molecule has 0 saturated carbocycles. The molecule has 3 nitrogen and oxygen atoms in total. The van der Waals surface area contributed by atoms with Crippen molar-refractivity contribution in [3.63, 3.8) is 0 Å². The van der Waals surface area contributed by atoms with Gasteiger partial charge in [-0.1, -0.05) is 12.1 Å². The van der Waals surface area contributed by atoms with Gasteiger partial charge in [-0.15, -0.1) is 0 Å². The minimum Gasteiger partial charge on any atom is -0.483 e. The first-order chi connectivity index (χ1) is 8.48. The van der Waals surface area contributed by atoms with E-state index in [0.29, 0.717) is 13.1 Å². The first kappa shape index (κ1) is 12.7. The molecule has 0 unspecified atom stereocenters. The molecule has 98 valence electrons. The Balaban J connectivity index is 2.02. The van der Waals surface area contributed by atoms with Crippen LogP contribution in [0.5, 0.6) is 5.75 Å². The van der Waals surface area contributed by atoms with Gasteiger partial charge in [0.2, 0.25) is 0 Å². The van der Waals surface area contributed by atoms with Crippen molar-refractivity contribution in [1.82, 2.24) is 4.90 Å². The van der Waals surface area contributed by atoms with E-state index in [1.807, 2.05) is 0 Å². The Morgan fingerprint density at radius 1 is 1.28 bits per heavy atom. The van der Waals surface area contributed by atoms with Crippen LogP contribution in [0.25, 0.3) is 0 Å². The number of hydrogen-bond donors (Lipinski definition) is 0. The zero-order valence-electron chi connectivity index (χ0n) is 9.54. The van der Waals surface area contributed by atoms with E-state index >= 15 is 0 Å². The second kappa shape index (κ2) is 4.88. The fourth-order valence-electron chi connectivity index (χ4n) is 1.62. The summed E-state index contributed by atoms with van der Waals surface area (Å²) >= 11 is 0. The molecule has 18 heavy (non-hydrogen) atoms. The van der Waals surface area contributed by atoms with Crippen molar-refractivity contribution >= 4 is 5.91 Å². The van der Waals surface area contributed by atoms with Crippen molar-refractivity contribution in [3.05, 3.63) is 29.8 Å². The SMILES string of the molecule is O=C(COc1ccccc1C(F)(F)F)N1CCC1. The Morgan fingerprint density at radius 2 is 1.94 bits per heavy atom. The van der Waals surface area contributed by atoms with Crippen LogP contribution in [0.15, 0.2) is 24.3 Å². The summed E-state index contributed by atoms with van der Waals surface area (Å²) in [6.07, 6.45) is -3.54. The van der Waals surface area contributed by atoms with E-state index in [9.17, 15) is 18.0 Å². The number of nitrogens with zero attached hydrogens (tertiary/aromatic N) is 1. The number of alkyl halides is 3. The van der Waals surface area contributed by atoms with Crippen molar-refractivity contribution in [2.75, 3.05) is 19.7 Å². The summed E-state index contributed by atoms with van der Waals surface area (Å²) in [5.41, 5.74) is -0.860. The van der Waals surface area contributed by atoms with Gasteiger partial charge < -0.3 is 9.64 Å². The summed E-state index contributed by atoms with van der Waals surface area (Å²) in [5, 5.41) is 0. The van der Waals surface area contributed by atoms with Crippen LogP contribution in [0.4, 0.5) is 13.2 Å². The number of benzene rings is 1. The van der Waals surface area contributed by atoms with Gasteiger partial charge in [-0.3, -0.25) is 4.79 Å². The van der Waals surface area contributed by atoms with E-state index in [1.54, 1.807) is 4.90 Å². The third kappa shape index (κ3) is 2.75. The van der Waals surface area contributed by atoms with Gasteiger partial charge in [-0.05, 0) is 18.6 Å². The van der Waals surface area contributed by atoms with E-state index in [1.165, 1.54) is 18.2 Å². The zero-order valence-corrected chi connectivity index (χ0v) is 9.54. The average molecular weight is 259 g/mol. The quantitative estimate of drug-likeness (QED) is 0.833. The van der Waals surface area contributed by atoms with Gasteiger partial charge in [0.05, 0.1) is 5.56 Å². The van der Waals surface area contributed by atoms with Crippen LogP contribution in [0, 0.1) is 0 Å². The van der Waals surface area contributed by atoms with Crippen molar-refractivity contribution in [1.29, 1.82) is 0 Å². The Bertz CT molecular complexity index is 441. The normalized spacial score (nSPS) is 15.2. The second-order valence-electron chi connectivity index (χ2n) is 4.02. The highest BCUT2D eigenvalue weighted by molar-refractivity contribution is 5.78. The Kier molecular flexibility index (Phi) is 3.45. The van der Waals surface area contributed by atoms with E-state index in [0.717, 1.165) is 12.5 Å². The zero-order chi connectivity index (χ0) is 13.2. The number of rotatable bonds is 3. The number of ether oxygens (including phenoxy) is 1. The smallest absolute Gasteiger partial charge is 0.419 e. The fraction of sp³-hybridized carbons (Fsp3) is 0.417. The summed E-state index contributed by atoms with van der Waals surface area (Å²) in [6, 6.07) is 4.88. The number of para-hydroxylation sites is 1. The van der Waals surface area contributed by atoms with Crippen LogP contribution >= 0.6 is 0 Å². The Hall–Kier alpha value is -1.72. The molecule has 1 saturated heterocycles. The Morgan fingerprint density at radius 3 is 2.50 bits per heavy atom. The molecule has 0 bridgehead atoms. The number of hydrogen-bond acceptors (Lipinski definition) is 2. The molecule has 1 fully saturated rings. The molecule has 0 N–H and O–H groups in total. The lowest BCUT2D eigenvalue weighted by molar-refractivity contribution is -0.142. The van der Waals surface area contributed by atoms with Crippen LogP contribution in [-0.4, -0.2) is 30.5 Å². The van der Waals surface area contributed by atoms with Gasteiger partial charge in [-0.2, -0.15) is 13.2 Å². The molecule has 0 spiro atoms. The molecule has 1 aromatic carbocycles. The standard InChI is InChI=1S/C12H12F3NO2/c13-12(14,15)9-4-1-2-5-10(9)18-8-11(17)16-6-3-7-16/h1-2,4-5H,3,6-8H2. The lowest BCUT2D eigenvalue weighted by atomic mass is 10.2. The lowest BCUT2D eigenvalue weighted by Gasteiger charge is -2.30. The van der Waals surface area contributed by atoms with E-state index in [2.05, 4.69) is 0 Å². The van der Waals surface area contributed by atoms with Gasteiger partial charge in [-0.25, -0.2) is 0 Å². The summed E-state index contributed by atoms with van der Waals surface area (Å²) in [5.74, 6) is -0.586. The molecule has 1 heterocycles. The minimum absolute atomic E-state index is 0.279. The summed E-state index contributed by atoms with van der Waals surface area (Å²) < 4.78 is 42.9. The van der Waals surface area contributed by atoms with Crippen LogP contribution in [0.1, 0.15) is 12.0 Å². The largest absolute Gasteiger partial charge is 0.483 e. The van der Waals surface area contributed by atoms with Gasteiger partial charge in [0.15, 0.2) is 6.61 Å². The number of amides is 1. The molecular weight excluding hydrogens is 247 g/mol. The van der Waals surface area contributed by atoms with Crippen molar-refractivity contribution in [2.45, 2.75) is 12.6 Å². The van der Waals surface area contributed by atoms with Crippen molar-refractivity contribution in [2.24, 2.45) is 0 Å². The summed E-state index contributed by atoms with van der Waals surface area (Å²) in [7, 11) is 0. The molecular formula is C12H12F3NO2. The lowest BCUT2D eigenvalue weighted by Crippen LogP contribution is -2.44. The van der Waals surface area contributed by atoms with Crippen LogP contribution in [0.2, 0.25) is 0 Å². The Labute approximate surface area is 102 Å². The first-order valence-corrected chi connectivity index (χ1v) is 5.55. The highest BCUT2D eigenvalue weighted by Gasteiger charge is 2.34. The predicted molar refractivity (Wildman–Crippen MR) is 58.1 cm³/mol. The number of halogens is 3. The third-order valence-electron chi connectivity index (χ3n) is 2.75. The van der Waals surface area contributed by atoms with E-state index < -0.39 is 11.7 Å². The molecule has 1 aliphatic rings. The number of carbonyl (C=O) groups is 1. The number of likely N-dealkylation sites (tertiary alicyclic amines) is 1. The maximum Gasteiger partial charge on any atom is 0.419 e. The molecule has 6 heteroatoms. The molecule has 0 atom stereocenters. The van der Waals surface area contributed by atoms with E-state index in [4.69, 9.17) is 4.74 Å². The summed E-state index contributed by atoms with van der Waals surface area (Å²) in [6.45, 7) is 0.958. The average Bonchev–Trinajstić information content (AvgIpc) is 2.23. The summed E-state index contributed by atoms with van der Waals surface area (Å²) in [4.78, 5) is 13.0.